The van der Waals surface area contributed by atoms with Gasteiger partial charge in [-0.05, 0) is 80.8 Å². The van der Waals surface area contributed by atoms with E-state index in [-0.39, 0.29) is 24.7 Å². The van der Waals surface area contributed by atoms with Crippen molar-refractivity contribution in [3.05, 3.63) is 94.4 Å². The third kappa shape index (κ3) is 5.66. The van der Waals surface area contributed by atoms with Crippen LogP contribution in [-0.4, -0.2) is 41.0 Å². The Morgan fingerprint density at radius 2 is 1.51 bits per heavy atom. The van der Waals surface area contributed by atoms with Gasteiger partial charge in [0.25, 0.3) is 0 Å². The fraction of sp³-hybridized carbons (Fsp3) is 0.300. The van der Waals surface area contributed by atoms with Gasteiger partial charge in [0, 0.05) is 30.8 Å². The van der Waals surface area contributed by atoms with Crippen molar-refractivity contribution >= 4 is 28.4 Å². The molecule has 0 fully saturated rings. The summed E-state index contributed by atoms with van der Waals surface area (Å²) in [6.45, 7) is 5.81. The van der Waals surface area contributed by atoms with E-state index in [1.54, 1.807) is 43.5 Å². The molecule has 192 valence electrons. The molecule has 3 aromatic carbocycles. The number of Topliss-reactive ketones (excluding diaryl/α,β-unsaturated/α-hetero) is 1. The van der Waals surface area contributed by atoms with Crippen molar-refractivity contribution in [3.63, 3.8) is 0 Å². The van der Waals surface area contributed by atoms with E-state index in [1.807, 2.05) is 36.4 Å². The van der Waals surface area contributed by atoms with Crippen molar-refractivity contribution in [3.8, 4) is 5.75 Å². The highest BCUT2D eigenvalue weighted by Crippen LogP contribution is 2.18. The first-order chi connectivity index (χ1) is 18.0. The van der Waals surface area contributed by atoms with Gasteiger partial charge in [0.1, 0.15) is 5.75 Å². The molecule has 0 bridgehead atoms. The maximum absolute atomic E-state index is 13.4. The lowest BCUT2D eigenvalue weighted by atomic mass is 10.1. The number of hydrogen-bond donors (Lipinski definition) is 0. The largest absolute Gasteiger partial charge is 0.497 e. The van der Waals surface area contributed by atoms with Crippen LogP contribution in [-0.2, 0) is 13.0 Å². The third-order valence-corrected chi connectivity index (χ3v) is 6.72. The predicted octanol–water partition coefficient (Wildman–Crippen LogP) is 5.20. The highest BCUT2D eigenvalue weighted by atomic mass is 16.5. The van der Waals surface area contributed by atoms with E-state index in [0.717, 1.165) is 30.1 Å². The van der Waals surface area contributed by atoms with Gasteiger partial charge in [-0.2, -0.15) is 0 Å². The maximum Gasteiger partial charge on any atom is 0.336 e. The van der Waals surface area contributed by atoms with Crippen molar-refractivity contribution < 1.29 is 14.3 Å². The SMILES string of the molecule is CCN(CC)c1ccc(C(=O)Cn2c(=O)n(C(=O)CCCc3ccc(OC)cc3)c3ccccc32)cc1. The summed E-state index contributed by atoms with van der Waals surface area (Å²) in [6, 6.07) is 22.3. The normalized spacial score (nSPS) is 11.0. The molecule has 0 radical (unpaired) electrons. The predicted molar refractivity (Wildman–Crippen MR) is 147 cm³/mol. The molecular weight excluding hydrogens is 466 g/mol. The summed E-state index contributed by atoms with van der Waals surface area (Å²) in [4.78, 5) is 41.8. The monoisotopic (exact) mass is 499 g/mol. The minimum absolute atomic E-state index is 0.129. The van der Waals surface area contributed by atoms with Gasteiger partial charge < -0.3 is 9.64 Å². The lowest BCUT2D eigenvalue weighted by molar-refractivity contribution is 0.0895. The highest BCUT2D eigenvalue weighted by Gasteiger charge is 2.20. The summed E-state index contributed by atoms with van der Waals surface area (Å²) in [5.41, 5.74) is 3.29. The van der Waals surface area contributed by atoms with Crippen molar-refractivity contribution in [1.29, 1.82) is 0 Å². The molecule has 0 atom stereocenters. The van der Waals surface area contributed by atoms with Crippen LogP contribution in [0, 0.1) is 0 Å². The van der Waals surface area contributed by atoms with Crippen LogP contribution in [0.5, 0.6) is 5.75 Å². The Kier molecular flexibility index (Phi) is 8.23. The number of carbonyl (C=O) groups is 2. The average Bonchev–Trinajstić information content (AvgIpc) is 3.21. The van der Waals surface area contributed by atoms with E-state index in [2.05, 4.69) is 18.7 Å². The number of aryl methyl sites for hydroxylation is 1. The number of benzene rings is 3. The number of fused-ring (bicyclic) bond motifs is 1. The number of ketones is 1. The van der Waals surface area contributed by atoms with E-state index in [9.17, 15) is 14.4 Å². The quantitative estimate of drug-likeness (QED) is 0.265. The number of carbonyl (C=O) groups excluding carboxylic acids is 2. The van der Waals surface area contributed by atoms with Gasteiger partial charge in [-0.3, -0.25) is 14.2 Å². The molecule has 0 amide bonds. The van der Waals surface area contributed by atoms with Gasteiger partial charge in [-0.25, -0.2) is 9.36 Å². The van der Waals surface area contributed by atoms with Crippen molar-refractivity contribution in [2.75, 3.05) is 25.1 Å². The van der Waals surface area contributed by atoms with Crippen LogP contribution < -0.4 is 15.3 Å². The van der Waals surface area contributed by atoms with Gasteiger partial charge in [0.05, 0.1) is 24.7 Å². The molecule has 0 aliphatic rings. The lowest BCUT2D eigenvalue weighted by Gasteiger charge is -2.21. The third-order valence-electron chi connectivity index (χ3n) is 6.72. The van der Waals surface area contributed by atoms with E-state index >= 15 is 0 Å². The highest BCUT2D eigenvalue weighted by molar-refractivity contribution is 5.97. The molecular formula is C30H33N3O4. The summed E-state index contributed by atoms with van der Waals surface area (Å²) in [7, 11) is 1.62. The first kappa shape index (κ1) is 25.9. The molecule has 0 spiro atoms. The van der Waals surface area contributed by atoms with Crippen molar-refractivity contribution in [1.82, 2.24) is 9.13 Å². The molecule has 4 rings (SSSR count). The smallest absolute Gasteiger partial charge is 0.336 e. The molecule has 4 aromatic rings. The Bertz CT molecular complexity index is 1430. The Morgan fingerprint density at radius 3 is 2.14 bits per heavy atom. The number of ether oxygens (including phenoxy) is 1. The number of para-hydroxylation sites is 2. The first-order valence-electron chi connectivity index (χ1n) is 12.7. The minimum atomic E-state index is -0.483. The van der Waals surface area contributed by atoms with Crippen molar-refractivity contribution in [2.45, 2.75) is 39.7 Å². The Labute approximate surface area is 216 Å². The van der Waals surface area contributed by atoms with Crippen LogP contribution >= 0.6 is 0 Å². The molecule has 7 heteroatoms. The molecule has 0 aliphatic carbocycles. The average molecular weight is 500 g/mol. The zero-order valence-corrected chi connectivity index (χ0v) is 21.6. The zero-order valence-electron chi connectivity index (χ0n) is 21.6. The first-order valence-corrected chi connectivity index (χ1v) is 12.7. The fourth-order valence-electron chi connectivity index (χ4n) is 4.63. The van der Waals surface area contributed by atoms with Crippen LogP contribution in [0.4, 0.5) is 5.69 Å². The van der Waals surface area contributed by atoms with Crippen LogP contribution in [0.2, 0.25) is 0 Å². The second-order valence-electron chi connectivity index (χ2n) is 8.93. The second-order valence-corrected chi connectivity index (χ2v) is 8.93. The summed E-state index contributed by atoms with van der Waals surface area (Å²) in [6.07, 6.45) is 1.54. The van der Waals surface area contributed by atoms with Crippen LogP contribution in [0.25, 0.3) is 11.0 Å². The molecule has 1 heterocycles. The Balaban J connectivity index is 1.51. The Morgan fingerprint density at radius 1 is 0.865 bits per heavy atom. The summed E-state index contributed by atoms with van der Waals surface area (Å²) >= 11 is 0. The Hall–Kier alpha value is -4.13. The van der Waals surface area contributed by atoms with Gasteiger partial charge in [-0.15, -0.1) is 0 Å². The zero-order chi connectivity index (χ0) is 26.4. The van der Waals surface area contributed by atoms with Gasteiger partial charge in [0.2, 0.25) is 5.91 Å². The van der Waals surface area contributed by atoms with E-state index in [4.69, 9.17) is 4.74 Å². The molecule has 0 N–H and O–H groups in total. The summed E-state index contributed by atoms with van der Waals surface area (Å²) < 4.78 is 7.79. The van der Waals surface area contributed by atoms with Gasteiger partial charge in [0.15, 0.2) is 5.78 Å². The van der Waals surface area contributed by atoms with E-state index in [0.29, 0.717) is 29.4 Å². The number of aromatic nitrogens is 2. The number of anilines is 1. The van der Waals surface area contributed by atoms with Crippen molar-refractivity contribution in [2.24, 2.45) is 0 Å². The molecule has 0 aliphatic heterocycles. The van der Waals surface area contributed by atoms with Gasteiger partial charge in [-0.1, -0.05) is 24.3 Å². The number of hydrogen-bond acceptors (Lipinski definition) is 5. The summed E-state index contributed by atoms with van der Waals surface area (Å²) in [5.74, 6) is 0.334. The molecule has 1 aromatic heterocycles. The maximum atomic E-state index is 13.4. The van der Waals surface area contributed by atoms with E-state index in [1.165, 1.54) is 9.13 Å². The topological polar surface area (TPSA) is 73.5 Å². The second kappa shape index (κ2) is 11.7. The van der Waals surface area contributed by atoms with Crippen LogP contribution in [0.15, 0.2) is 77.6 Å². The lowest BCUT2D eigenvalue weighted by Crippen LogP contribution is -2.30. The summed E-state index contributed by atoms with van der Waals surface area (Å²) in [5, 5.41) is 0. The molecule has 7 nitrogen and oxygen atoms in total. The van der Waals surface area contributed by atoms with E-state index < -0.39 is 5.69 Å². The molecule has 0 saturated carbocycles. The molecule has 0 unspecified atom stereocenters. The fourth-order valence-corrected chi connectivity index (χ4v) is 4.63. The minimum Gasteiger partial charge on any atom is -0.497 e. The van der Waals surface area contributed by atoms with Crippen LogP contribution in [0.1, 0.15) is 47.4 Å². The number of imidazole rings is 1. The van der Waals surface area contributed by atoms with Crippen LogP contribution in [0.3, 0.4) is 0 Å². The number of nitrogens with zero attached hydrogens (tertiary/aromatic N) is 3. The number of methoxy groups -OCH3 is 1. The number of rotatable bonds is 11. The molecule has 37 heavy (non-hydrogen) atoms. The molecule has 0 saturated heterocycles. The standard InChI is InChI=1S/C30H33N3O4/c1-4-31(5-2)24-17-15-23(16-18-24)28(34)21-32-26-10-6-7-11-27(26)33(30(32)36)29(35)12-8-9-22-13-19-25(37-3)20-14-22/h6-7,10-11,13-20H,4-5,8-9,12,21H2,1-3H3. The van der Waals surface area contributed by atoms with Gasteiger partial charge >= 0.3 is 5.69 Å².